The van der Waals surface area contributed by atoms with E-state index in [1.54, 1.807) is 0 Å². The van der Waals surface area contributed by atoms with Crippen LogP contribution in [0.5, 0.6) is 0 Å². The number of likely N-dealkylation sites (tertiary alicyclic amines) is 1. The van der Waals surface area contributed by atoms with Crippen LogP contribution in [0.25, 0.3) is 0 Å². The quantitative estimate of drug-likeness (QED) is 0.689. The number of rotatable bonds is 2. The number of hydrogen-bond acceptors (Lipinski definition) is 5. The van der Waals surface area contributed by atoms with Gasteiger partial charge in [0.15, 0.2) is 0 Å². The molecule has 2 heterocycles. The van der Waals surface area contributed by atoms with E-state index in [2.05, 4.69) is 5.32 Å². The lowest BCUT2D eigenvalue weighted by molar-refractivity contribution is -0.159. The van der Waals surface area contributed by atoms with Crippen molar-refractivity contribution in [1.29, 1.82) is 0 Å². The van der Waals surface area contributed by atoms with E-state index >= 15 is 0 Å². The van der Waals surface area contributed by atoms with Crippen LogP contribution in [0.3, 0.4) is 0 Å². The van der Waals surface area contributed by atoms with Crippen LogP contribution in [0.4, 0.5) is 4.79 Å². The van der Waals surface area contributed by atoms with Gasteiger partial charge in [0, 0.05) is 18.6 Å². The first kappa shape index (κ1) is 18.7. The summed E-state index contributed by atoms with van der Waals surface area (Å²) in [6.07, 6.45) is 3.17. The van der Waals surface area contributed by atoms with E-state index < -0.39 is 11.9 Å². The van der Waals surface area contributed by atoms with Gasteiger partial charge in [0.2, 0.25) is 0 Å². The van der Waals surface area contributed by atoms with Gasteiger partial charge in [-0.25, -0.2) is 14.4 Å². The number of nitrogens with one attached hydrogen (secondary N) is 1. The molecule has 0 unspecified atom stereocenters. The highest BCUT2D eigenvalue weighted by Crippen LogP contribution is 2.31. The van der Waals surface area contributed by atoms with Gasteiger partial charge in [0.05, 0.1) is 0 Å². The average molecular weight is 350 g/mol. The minimum absolute atomic E-state index is 0.182. The van der Waals surface area contributed by atoms with Gasteiger partial charge in [0.1, 0.15) is 6.61 Å². The standard InChI is InChI=1S/C15H20N2O2.C2H2O4/c18-14(19-12-13-4-2-1-3-5-13)17-10-7-15(8-11-17)6-9-16-15;3-1(4)2(5)6/h1-5,16H,6-12H2;(H,3,4)(H,5,6). The maximum Gasteiger partial charge on any atom is 0.414 e. The number of piperidine rings is 1. The molecular formula is C17H22N2O6. The van der Waals surface area contributed by atoms with Crippen molar-refractivity contribution < 1.29 is 29.3 Å². The predicted molar refractivity (Wildman–Crippen MR) is 88.1 cm³/mol. The van der Waals surface area contributed by atoms with Gasteiger partial charge in [-0.3, -0.25) is 0 Å². The largest absolute Gasteiger partial charge is 0.473 e. The molecule has 3 N–H and O–H groups in total. The normalized spacial score (nSPS) is 17.7. The smallest absolute Gasteiger partial charge is 0.414 e. The Bertz CT molecular complexity index is 593. The monoisotopic (exact) mass is 350 g/mol. The van der Waals surface area contributed by atoms with Crippen molar-refractivity contribution in [2.45, 2.75) is 31.4 Å². The van der Waals surface area contributed by atoms with Gasteiger partial charge in [-0.1, -0.05) is 30.3 Å². The van der Waals surface area contributed by atoms with Gasteiger partial charge < -0.3 is 25.2 Å². The number of aliphatic carboxylic acids is 2. The Balaban J connectivity index is 0.000000326. The molecule has 1 spiro atoms. The van der Waals surface area contributed by atoms with Crippen molar-refractivity contribution in [2.75, 3.05) is 19.6 Å². The molecular weight excluding hydrogens is 328 g/mol. The molecule has 3 rings (SSSR count). The number of carbonyl (C=O) groups excluding carboxylic acids is 1. The summed E-state index contributed by atoms with van der Waals surface area (Å²) in [4.78, 5) is 32.0. The first-order valence-corrected chi connectivity index (χ1v) is 8.09. The molecule has 2 aliphatic rings. The molecule has 2 aliphatic heterocycles. The number of hydrogen-bond donors (Lipinski definition) is 3. The van der Waals surface area contributed by atoms with Crippen LogP contribution >= 0.6 is 0 Å². The van der Waals surface area contributed by atoms with E-state index in [-0.39, 0.29) is 6.09 Å². The first-order chi connectivity index (χ1) is 11.9. The lowest BCUT2D eigenvalue weighted by Gasteiger charge is -2.48. The number of nitrogens with zero attached hydrogens (tertiary/aromatic N) is 1. The molecule has 0 atom stereocenters. The topological polar surface area (TPSA) is 116 Å². The highest BCUT2D eigenvalue weighted by Gasteiger charge is 2.40. The molecule has 0 aliphatic carbocycles. The highest BCUT2D eigenvalue weighted by molar-refractivity contribution is 6.27. The summed E-state index contributed by atoms with van der Waals surface area (Å²) in [6, 6.07) is 9.81. The zero-order valence-electron chi connectivity index (χ0n) is 13.8. The number of carboxylic acids is 2. The molecule has 1 amide bonds. The molecule has 25 heavy (non-hydrogen) atoms. The van der Waals surface area contributed by atoms with Crippen LogP contribution in [0, 0.1) is 0 Å². The van der Waals surface area contributed by atoms with E-state index in [1.807, 2.05) is 35.2 Å². The molecule has 0 aromatic heterocycles. The fourth-order valence-corrected chi connectivity index (χ4v) is 2.83. The van der Waals surface area contributed by atoms with Gasteiger partial charge in [-0.2, -0.15) is 0 Å². The number of carbonyl (C=O) groups is 3. The second-order valence-electron chi connectivity index (χ2n) is 6.09. The van der Waals surface area contributed by atoms with Crippen molar-refractivity contribution in [3.63, 3.8) is 0 Å². The summed E-state index contributed by atoms with van der Waals surface area (Å²) in [6.45, 7) is 3.10. The third-order valence-corrected chi connectivity index (χ3v) is 4.47. The minimum atomic E-state index is -1.82. The molecule has 8 nitrogen and oxygen atoms in total. The lowest BCUT2D eigenvalue weighted by atomic mass is 9.79. The molecule has 8 heteroatoms. The van der Waals surface area contributed by atoms with E-state index in [0.717, 1.165) is 38.0 Å². The molecule has 0 bridgehead atoms. The predicted octanol–water partition coefficient (Wildman–Crippen LogP) is 1.31. The Labute approximate surface area is 145 Å². The number of amides is 1. The Morgan fingerprint density at radius 3 is 2.04 bits per heavy atom. The molecule has 2 fully saturated rings. The SMILES string of the molecule is O=C(O)C(=O)O.O=C(OCc1ccccc1)N1CCC2(CCN2)CC1. The van der Waals surface area contributed by atoms with Crippen molar-refractivity contribution in [3.8, 4) is 0 Å². The highest BCUT2D eigenvalue weighted by atomic mass is 16.6. The van der Waals surface area contributed by atoms with Crippen LogP contribution in [0.15, 0.2) is 30.3 Å². The van der Waals surface area contributed by atoms with E-state index in [0.29, 0.717) is 12.1 Å². The molecule has 0 saturated carbocycles. The summed E-state index contributed by atoms with van der Waals surface area (Å²) in [5.41, 5.74) is 1.36. The zero-order chi connectivity index (χ0) is 18.3. The second-order valence-corrected chi connectivity index (χ2v) is 6.09. The number of carboxylic acid groups (broad SMARTS) is 2. The van der Waals surface area contributed by atoms with Gasteiger partial charge in [-0.15, -0.1) is 0 Å². The fraction of sp³-hybridized carbons (Fsp3) is 0.471. The lowest BCUT2D eigenvalue weighted by Crippen LogP contribution is -2.62. The summed E-state index contributed by atoms with van der Waals surface area (Å²) in [5, 5.41) is 18.3. The molecule has 1 aromatic carbocycles. The van der Waals surface area contributed by atoms with Crippen molar-refractivity contribution in [1.82, 2.24) is 10.2 Å². The van der Waals surface area contributed by atoms with Crippen LogP contribution < -0.4 is 5.32 Å². The van der Waals surface area contributed by atoms with Gasteiger partial charge >= 0.3 is 18.0 Å². The Hall–Kier alpha value is -2.61. The van der Waals surface area contributed by atoms with Gasteiger partial charge in [-0.05, 0) is 31.4 Å². The van der Waals surface area contributed by atoms with Crippen LogP contribution in [-0.4, -0.2) is 58.3 Å². The van der Waals surface area contributed by atoms with E-state index in [9.17, 15) is 4.79 Å². The summed E-state index contributed by atoms with van der Waals surface area (Å²) in [7, 11) is 0. The van der Waals surface area contributed by atoms with E-state index in [1.165, 1.54) is 6.42 Å². The van der Waals surface area contributed by atoms with Crippen LogP contribution in [0.1, 0.15) is 24.8 Å². The van der Waals surface area contributed by atoms with Gasteiger partial charge in [0.25, 0.3) is 0 Å². The summed E-state index contributed by atoms with van der Waals surface area (Å²) in [5.74, 6) is -3.65. The Morgan fingerprint density at radius 1 is 1.04 bits per heavy atom. The third-order valence-electron chi connectivity index (χ3n) is 4.47. The number of ether oxygens (including phenoxy) is 1. The summed E-state index contributed by atoms with van der Waals surface area (Å²) >= 11 is 0. The molecule has 2 saturated heterocycles. The van der Waals surface area contributed by atoms with Crippen LogP contribution in [0.2, 0.25) is 0 Å². The summed E-state index contributed by atoms with van der Waals surface area (Å²) < 4.78 is 5.35. The Morgan fingerprint density at radius 2 is 1.60 bits per heavy atom. The molecule has 0 radical (unpaired) electrons. The van der Waals surface area contributed by atoms with Crippen molar-refractivity contribution in [2.24, 2.45) is 0 Å². The second kappa shape index (κ2) is 8.48. The fourth-order valence-electron chi connectivity index (χ4n) is 2.83. The molecule has 1 aromatic rings. The maximum absolute atomic E-state index is 12.0. The van der Waals surface area contributed by atoms with Crippen molar-refractivity contribution in [3.05, 3.63) is 35.9 Å². The average Bonchev–Trinajstić information content (AvgIpc) is 2.60. The third kappa shape index (κ3) is 5.46. The molecule has 136 valence electrons. The Kier molecular flexibility index (Phi) is 6.35. The first-order valence-electron chi connectivity index (χ1n) is 8.09. The van der Waals surface area contributed by atoms with E-state index in [4.69, 9.17) is 24.5 Å². The zero-order valence-corrected chi connectivity index (χ0v) is 13.8. The minimum Gasteiger partial charge on any atom is -0.473 e. The van der Waals surface area contributed by atoms with Crippen molar-refractivity contribution >= 4 is 18.0 Å². The van der Waals surface area contributed by atoms with Crippen LogP contribution in [-0.2, 0) is 20.9 Å². The number of benzene rings is 1. The maximum atomic E-state index is 12.0.